The first-order valence-corrected chi connectivity index (χ1v) is 11.6. The summed E-state index contributed by atoms with van der Waals surface area (Å²) in [6, 6.07) is 14.4. The molecule has 0 radical (unpaired) electrons. The van der Waals surface area contributed by atoms with Crippen LogP contribution in [0.25, 0.3) is 6.08 Å². The van der Waals surface area contributed by atoms with Gasteiger partial charge in [-0.3, -0.25) is 9.69 Å². The fourth-order valence-electron chi connectivity index (χ4n) is 3.25. The van der Waals surface area contributed by atoms with E-state index in [-0.39, 0.29) is 21.4 Å². The van der Waals surface area contributed by atoms with E-state index >= 15 is 0 Å². The van der Waals surface area contributed by atoms with E-state index in [9.17, 15) is 13.2 Å². The van der Waals surface area contributed by atoms with Gasteiger partial charge in [-0.1, -0.05) is 54.1 Å². The molecular weight excluding hydrogens is 422 g/mol. The molecule has 1 amide bonds. The van der Waals surface area contributed by atoms with Crippen molar-refractivity contribution in [1.82, 2.24) is 14.1 Å². The predicted octanol–water partition coefficient (Wildman–Crippen LogP) is 3.06. The first kappa shape index (κ1) is 22.5. The number of amides is 1. The summed E-state index contributed by atoms with van der Waals surface area (Å²) in [4.78, 5) is 17.0. The van der Waals surface area contributed by atoms with Crippen LogP contribution in [0.1, 0.15) is 15.9 Å². The Bertz CT molecular complexity index is 1020. The summed E-state index contributed by atoms with van der Waals surface area (Å²) >= 11 is 6.22. The summed E-state index contributed by atoms with van der Waals surface area (Å²) in [5.74, 6) is -0.240. The highest BCUT2D eigenvalue weighted by Gasteiger charge is 2.25. The molecule has 0 N–H and O–H groups in total. The molecule has 0 saturated carbocycles. The van der Waals surface area contributed by atoms with Gasteiger partial charge in [0.05, 0.1) is 15.5 Å². The molecule has 0 aliphatic carbocycles. The number of piperazine rings is 1. The second kappa shape index (κ2) is 9.75. The van der Waals surface area contributed by atoms with Crippen LogP contribution in [0.15, 0.2) is 59.5 Å². The standard InChI is InChI=1S/C22H26ClN3O3S/c1-24(2)30(28,29)19-10-11-21(23)20(17-19)22(27)26-15-13-25(14-16-26)12-6-9-18-7-4-3-5-8-18/h3-11,17H,12-16H2,1-2H3/b9-6+. The van der Waals surface area contributed by atoms with Crippen molar-refractivity contribution < 1.29 is 13.2 Å². The zero-order valence-corrected chi connectivity index (χ0v) is 18.7. The number of benzene rings is 2. The molecule has 1 aliphatic heterocycles. The summed E-state index contributed by atoms with van der Waals surface area (Å²) in [5.41, 5.74) is 1.38. The molecule has 160 valence electrons. The minimum Gasteiger partial charge on any atom is -0.336 e. The van der Waals surface area contributed by atoms with E-state index in [4.69, 9.17) is 11.6 Å². The summed E-state index contributed by atoms with van der Waals surface area (Å²) in [6.45, 7) is 3.45. The topological polar surface area (TPSA) is 60.9 Å². The monoisotopic (exact) mass is 447 g/mol. The highest BCUT2D eigenvalue weighted by Crippen LogP contribution is 2.24. The largest absolute Gasteiger partial charge is 0.336 e. The van der Waals surface area contributed by atoms with E-state index in [0.29, 0.717) is 13.1 Å². The van der Waals surface area contributed by atoms with Crippen molar-refractivity contribution in [2.45, 2.75) is 4.90 Å². The molecule has 6 nitrogen and oxygen atoms in total. The highest BCUT2D eigenvalue weighted by atomic mass is 35.5. The maximum atomic E-state index is 13.0. The lowest BCUT2D eigenvalue weighted by atomic mass is 10.1. The third-order valence-corrected chi connectivity index (χ3v) is 7.22. The molecule has 0 bridgehead atoms. The van der Waals surface area contributed by atoms with Gasteiger partial charge >= 0.3 is 0 Å². The van der Waals surface area contributed by atoms with Gasteiger partial charge < -0.3 is 4.90 Å². The Balaban J connectivity index is 1.62. The summed E-state index contributed by atoms with van der Waals surface area (Å²) in [5, 5.41) is 0.255. The minimum absolute atomic E-state index is 0.0601. The summed E-state index contributed by atoms with van der Waals surface area (Å²) in [6.07, 6.45) is 4.22. The third kappa shape index (κ3) is 5.29. The van der Waals surface area contributed by atoms with Crippen molar-refractivity contribution in [3.05, 3.63) is 70.8 Å². The number of carbonyl (C=O) groups is 1. The molecule has 2 aromatic rings. The van der Waals surface area contributed by atoms with Crippen LogP contribution in [0.3, 0.4) is 0 Å². The average Bonchev–Trinajstić information content (AvgIpc) is 2.74. The lowest BCUT2D eigenvalue weighted by Gasteiger charge is -2.34. The van der Waals surface area contributed by atoms with Crippen LogP contribution < -0.4 is 0 Å². The fraction of sp³-hybridized carbons (Fsp3) is 0.318. The van der Waals surface area contributed by atoms with Crippen molar-refractivity contribution in [2.24, 2.45) is 0 Å². The zero-order valence-electron chi connectivity index (χ0n) is 17.2. The summed E-state index contributed by atoms with van der Waals surface area (Å²) < 4.78 is 25.9. The van der Waals surface area contributed by atoms with Crippen LogP contribution in [-0.4, -0.2) is 75.2 Å². The molecule has 3 rings (SSSR count). The van der Waals surface area contributed by atoms with Gasteiger partial charge in [-0.15, -0.1) is 0 Å². The van der Waals surface area contributed by atoms with Crippen LogP contribution in [0.4, 0.5) is 0 Å². The maximum absolute atomic E-state index is 13.0. The Morgan fingerprint density at radius 1 is 1.07 bits per heavy atom. The Morgan fingerprint density at radius 3 is 2.37 bits per heavy atom. The van der Waals surface area contributed by atoms with Gasteiger partial charge in [-0.05, 0) is 23.8 Å². The van der Waals surface area contributed by atoms with Crippen molar-refractivity contribution in [3.8, 4) is 0 Å². The third-order valence-electron chi connectivity index (χ3n) is 5.08. The second-order valence-electron chi connectivity index (χ2n) is 7.33. The lowest BCUT2D eigenvalue weighted by Crippen LogP contribution is -2.48. The molecule has 0 atom stereocenters. The number of sulfonamides is 1. The first-order valence-electron chi connectivity index (χ1n) is 9.74. The molecule has 0 spiro atoms. The molecule has 2 aromatic carbocycles. The van der Waals surface area contributed by atoms with Crippen LogP contribution >= 0.6 is 11.6 Å². The van der Waals surface area contributed by atoms with E-state index in [1.807, 2.05) is 18.2 Å². The van der Waals surface area contributed by atoms with Gasteiger partial charge in [0.25, 0.3) is 5.91 Å². The Hall–Kier alpha value is -2.19. The summed E-state index contributed by atoms with van der Waals surface area (Å²) in [7, 11) is -0.724. The van der Waals surface area contributed by atoms with E-state index in [1.54, 1.807) is 4.90 Å². The van der Waals surface area contributed by atoms with Gasteiger partial charge in [0.15, 0.2) is 0 Å². The highest BCUT2D eigenvalue weighted by molar-refractivity contribution is 7.89. The second-order valence-corrected chi connectivity index (χ2v) is 9.89. The van der Waals surface area contributed by atoms with Crippen LogP contribution in [0, 0.1) is 0 Å². The zero-order chi connectivity index (χ0) is 21.7. The van der Waals surface area contributed by atoms with Crippen molar-refractivity contribution in [2.75, 3.05) is 46.8 Å². The number of nitrogens with zero attached hydrogens (tertiary/aromatic N) is 3. The molecule has 1 heterocycles. The van der Waals surface area contributed by atoms with Crippen LogP contribution in [0.5, 0.6) is 0 Å². The lowest BCUT2D eigenvalue weighted by molar-refractivity contribution is 0.0650. The number of halogens is 1. The Labute approximate surface area is 183 Å². The normalized spacial score (nSPS) is 15.8. The molecule has 1 fully saturated rings. The van der Waals surface area contributed by atoms with E-state index in [1.165, 1.54) is 32.3 Å². The molecule has 8 heteroatoms. The molecule has 0 aromatic heterocycles. The Kier molecular flexibility index (Phi) is 7.31. The molecule has 0 unspecified atom stereocenters. The van der Waals surface area contributed by atoms with E-state index < -0.39 is 10.0 Å². The van der Waals surface area contributed by atoms with Gasteiger partial charge in [-0.25, -0.2) is 12.7 Å². The predicted molar refractivity (Wildman–Crippen MR) is 120 cm³/mol. The SMILES string of the molecule is CN(C)S(=O)(=O)c1ccc(Cl)c(C(=O)N2CCN(C/C=C/c3ccccc3)CC2)c1. The molecule has 1 aliphatic rings. The minimum atomic E-state index is -3.63. The van der Waals surface area contributed by atoms with Gasteiger partial charge in [0, 0.05) is 46.8 Å². The molecule has 30 heavy (non-hydrogen) atoms. The van der Waals surface area contributed by atoms with Gasteiger partial charge in [0.1, 0.15) is 0 Å². The van der Waals surface area contributed by atoms with Crippen LogP contribution in [-0.2, 0) is 10.0 Å². The van der Waals surface area contributed by atoms with Crippen molar-refractivity contribution in [1.29, 1.82) is 0 Å². The maximum Gasteiger partial charge on any atom is 0.255 e. The fourth-order valence-corrected chi connectivity index (χ4v) is 4.37. The number of rotatable bonds is 6. The average molecular weight is 448 g/mol. The van der Waals surface area contributed by atoms with E-state index in [2.05, 4.69) is 29.2 Å². The number of hydrogen-bond donors (Lipinski definition) is 0. The number of hydrogen-bond acceptors (Lipinski definition) is 4. The smallest absolute Gasteiger partial charge is 0.255 e. The van der Waals surface area contributed by atoms with Crippen LogP contribution in [0.2, 0.25) is 5.02 Å². The first-order chi connectivity index (χ1) is 14.3. The van der Waals surface area contributed by atoms with Gasteiger partial charge in [0.2, 0.25) is 10.0 Å². The van der Waals surface area contributed by atoms with E-state index in [0.717, 1.165) is 29.5 Å². The number of carbonyl (C=O) groups excluding carboxylic acids is 1. The van der Waals surface area contributed by atoms with Crippen molar-refractivity contribution in [3.63, 3.8) is 0 Å². The molecule has 1 saturated heterocycles. The quantitative estimate of drug-likeness (QED) is 0.682. The van der Waals surface area contributed by atoms with Gasteiger partial charge in [-0.2, -0.15) is 0 Å². The Morgan fingerprint density at radius 2 is 1.73 bits per heavy atom. The van der Waals surface area contributed by atoms with Crippen molar-refractivity contribution >= 4 is 33.6 Å². The molecular formula is C22H26ClN3O3S.